The predicted octanol–water partition coefficient (Wildman–Crippen LogP) is 3.05. The Kier molecular flexibility index (Phi) is 5.36. The van der Waals surface area contributed by atoms with Gasteiger partial charge in [-0.1, -0.05) is 24.6 Å². The van der Waals surface area contributed by atoms with Crippen molar-refractivity contribution in [2.45, 2.75) is 57.8 Å². The number of H-pyrrole nitrogens is 1. The van der Waals surface area contributed by atoms with E-state index in [4.69, 9.17) is 0 Å². The van der Waals surface area contributed by atoms with Crippen LogP contribution in [0.1, 0.15) is 62.8 Å². The molecule has 1 aromatic carbocycles. The van der Waals surface area contributed by atoms with Gasteiger partial charge in [-0.2, -0.15) is 5.21 Å². The van der Waals surface area contributed by atoms with Crippen LogP contribution in [0.25, 0.3) is 0 Å². The van der Waals surface area contributed by atoms with Crippen molar-refractivity contribution in [3.05, 3.63) is 29.6 Å². The van der Waals surface area contributed by atoms with E-state index in [2.05, 4.69) is 50.6 Å². The Hall–Kier alpha value is -2.44. The van der Waals surface area contributed by atoms with Crippen molar-refractivity contribution < 1.29 is 4.79 Å². The molecule has 1 aromatic heterocycles. The molecule has 0 bridgehead atoms. The van der Waals surface area contributed by atoms with Crippen LogP contribution >= 0.6 is 0 Å². The first-order valence-corrected chi connectivity index (χ1v) is 10.1. The van der Waals surface area contributed by atoms with Crippen LogP contribution in [-0.2, 0) is 11.2 Å². The summed E-state index contributed by atoms with van der Waals surface area (Å²) in [4.78, 5) is 17.3. The molecule has 4 rings (SSSR count). The van der Waals surface area contributed by atoms with E-state index in [1.54, 1.807) is 0 Å². The van der Waals surface area contributed by atoms with Crippen LogP contribution in [0.15, 0.2) is 18.2 Å². The van der Waals surface area contributed by atoms with Crippen molar-refractivity contribution in [3.8, 4) is 0 Å². The van der Waals surface area contributed by atoms with Gasteiger partial charge in [-0.3, -0.25) is 4.79 Å². The Morgan fingerprint density at radius 3 is 2.85 bits per heavy atom. The van der Waals surface area contributed by atoms with Gasteiger partial charge in [0.15, 0.2) is 5.82 Å². The molecule has 0 saturated carbocycles. The molecule has 0 aliphatic carbocycles. The number of unbranched alkanes of at least 4 members (excludes halogenated alkanes) is 2. The molecule has 144 valence electrons. The second kappa shape index (κ2) is 8.06. The maximum absolute atomic E-state index is 12.9. The van der Waals surface area contributed by atoms with Crippen molar-refractivity contribution in [2.75, 3.05) is 29.4 Å². The molecule has 1 unspecified atom stereocenters. The molecule has 0 radical (unpaired) electrons. The molecule has 7 nitrogen and oxygen atoms in total. The number of carbonyl (C=O) groups is 1. The van der Waals surface area contributed by atoms with Gasteiger partial charge < -0.3 is 9.80 Å². The summed E-state index contributed by atoms with van der Waals surface area (Å²) in [6, 6.07) is 6.69. The third kappa shape index (κ3) is 3.96. The highest BCUT2D eigenvalue weighted by Crippen LogP contribution is 2.39. The van der Waals surface area contributed by atoms with Crippen LogP contribution < -0.4 is 9.80 Å². The maximum atomic E-state index is 12.9. The Labute approximate surface area is 160 Å². The molecule has 2 aliphatic heterocycles. The third-order valence-electron chi connectivity index (χ3n) is 5.74. The normalized spacial score (nSPS) is 18.9. The predicted molar refractivity (Wildman–Crippen MR) is 105 cm³/mol. The van der Waals surface area contributed by atoms with Gasteiger partial charge in [-0.15, -0.1) is 10.2 Å². The molecular formula is C20H28N6O. The van der Waals surface area contributed by atoms with E-state index in [9.17, 15) is 4.79 Å². The summed E-state index contributed by atoms with van der Waals surface area (Å²) in [6.07, 6.45) is 6.84. The SMILES string of the molecule is CC1CN(C(=O)CCCCCc2nn[nH]n2)c2cc(N3CCCC3)ccc21. The molecule has 1 amide bonds. The van der Waals surface area contributed by atoms with Gasteiger partial charge >= 0.3 is 0 Å². The van der Waals surface area contributed by atoms with Crippen LogP contribution in [0.3, 0.4) is 0 Å². The van der Waals surface area contributed by atoms with Crippen molar-refractivity contribution in [3.63, 3.8) is 0 Å². The minimum atomic E-state index is 0.249. The topological polar surface area (TPSA) is 78.0 Å². The highest BCUT2D eigenvalue weighted by atomic mass is 16.2. The number of hydrogen-bond acceptors (Lipinski definition) is 5. The fraction of sp³-hybridized carbons (Fsp3) is 0.600. The Morgan fingerprint density at radius 1 is 1.22 bits per heavy atom. The smallest absolute Gasteiger partial charge is 0.227 e. The zero-order valence-corrected chi connectivity index (χ0v) is 16.0. The number of benzene rings is 1. The van der Waals surface area contributed by atoms with Crippen LogP contribution in [0.5, 0.6) is 0 Å². The lowest BCUT2D eigenvalue weighted by Crippen LogP contribution is -2.29. The fourth-order valence-electron chi connectivity index (χ4n) is 4.22. The monoisotopic (exact) mass is 368 g/mol. The number of tetrazole rings is 1. The average molecular weight is 368 g/mol. The van der Waals surface area contributed by atoms with E-state index in [0.717, 1.165) is 56.8 Å². The van der Waals surface area contributed by atoms with Crippen molar-refractivity contribution in [1.82, 2.24) is 20.6 Å². The molecule has 0 spiro atoms. The van der Waals surface area contributed by atoms with E-state index in [-0.39, 0.29) is 5.91 Å². The standard InChI is InChI=1S/C20H28N6O/c1-15-14-26(20(27)8-4-2-3-7-19-21-23-24-22-19)18-13-16(9-10-17(15)18)25-11-5-6-12-25/h9-10,13,15H,2-8,11-12,14H2,1H3,(H,21,22,23,24). The number of fused-ring (bicyclic) bond motifs is 1. The maximum Gasteiger partial charge on any atom is 0.227 e. The minimum Gasteiger partial charge on any atom is -0.371 e. The summed E-state index contributed by atoms with van der Waals surface area (Å²) >= 11 is 0. The lowest BCUT2D eigenvalue weighted by atomic mass is 10.0. The highest BCUT2D eigenvalue weighted by Gasteiger charge is 2.30. The molecule has 27 heavy (non-hydrogen) atoms. The molecule has 1 saturated heterocycles. The van der Waals surface area contributed by atoms with Crippen molar-refractivity contribution in [2.24, 2.45) is 0 Å². The quantitative estimate of drug-likeness (QED) is 0.760. The van der Waals surface area contributed by atoms with E-state index >= 15 is 0 Å². The van der Waals surface area contributed by atoms with Gasteiger partial charge in [0, 0.05) is 49.8 Å². The summed E-state index contributed by atoms with van der Waals surface area (Å²) < 4.78 is 0. The first-order valence-electron chi connectivity index (χ1n) is 10.1. The lowest BCUT2D eigenvalue weighted by Gasteiger charge is -2.22. The van der Waals surface area contributed by atoms with Crippen LogP contribution in [0.2, 0.25) is 0 Å². The molecule has 1 N–H and O–H groups in total. The van der Waals surface area contributed by atoms with Gasteiger partial charge in [-0.25, -0.2) is 0 Å². The Morgan fingerprint density at radius 2 is 2.07 bits per heavy atom. The molecule has 3 heterocycles. The highest BCUT2D eigenvalue weighted by molar-refractivity contribution is 5.96. The van der Waals surface area contributed by atoms with Gasteiger partial charge in [0.25, 0.3) is 0 Å². The van der Waals surface area contributed by atoms with Gasteiger partial charge in [0.1, 0.15) is 0 Å². The molecule has 7 heteroatoms. The Bertz CT molecular complexity index is 769. The van der Waals surface area contributed by atoms with Gasteiger partial charge in [-0.05, 0) is 43.4 Å². The Balaban J connectivity index is 1.33. The minimum absolute atomic E-state index is 0.249. The van der Waals surface area contributed by atoms with E-state index in [1.807, 2.05) is 4.90 Å². The molecule has 2 aliphatic rings. The summed E-state index contributed by atoms with van der Waals surface area (Å²) in [6.45, 7) is 5.28. The number of amides is 1. The number of rotatable bonds is 7. The second-order valence-electron chi connectivity index (χ2n) is 7.73. The van der Waals surface area contributed by atoms with Crippen molar-refractivity contribution >= 4 is 17.3 Å². The van der Waals surface area contributed by atoms with Crippen LogP contribution in [0.4, 0.5) is 11.4 Å². The third-order valence-corrected chi connectivity index (χ3v) is 5.74. The summed E-state index contributed by atoms with van der Waals surface area (Å²) in [5, 5.41) is 14.0. The van der Waals surface area contributed by atoms with Gasteiger partial charge in [0.2, 0.25) is 5.91 Å². The number of nitrogens with zero attached hydrogens (tertiary/aromatic N) is 5. The first-order chi connectivity index (χ1) is 13.2. The largest absolute Gasteiger partial charge is 0.371 e. The molecular weight excluding hydrogens is 340 g/mol. The summed E-state index contributed by atoms with van der Waals surface area (Å²) in [7, 11) is 0. The molecule has 1 atom stereocenters. The van der Waals surface area contributed by atoms with E-state index in [1.165, 1.54) is 24.1 Å². The lowest BCUT2D eigenvalue weighted by molar-refractivity contribution is -0.118. The summed E-state index contributed by atoms with van der Waals surface area (Å²) in [5.41, 5.74) is 3.70. The molecule has 1 fully saturated rings. The average Bonchev–Trinajstić information content (AvgIpc) is 3.43. The van der Waals surface area contributed by atoms with Gasteiger partial charge in [0.05, 0.1) is 0 Å². The number of aromatic nitrogens is 4. The number of anilines is 2. The first kappa shape index (κ1) is 17.9. The van der Waals surface area contributed by atoms with Crippen molar-refractivity contribution in [1.29, 1.82) is 0 Å². The van der Waals surface area contributed by atoms with E-state index < -0.39 is 0 Å². The molecule has 2 aromatic rings. The number of aryl methyl sites for hydroxylation is 1. The number of aromatic amines is 1. The number of nitrogens with one attached hydrogen (secondary N) is 1. The number of hydrogen-bond donors (Lipinski definition) is 1. The zero-order valence-electron chi connectivity index (χ0n) is 16.0. The zero-order chi connectivity index (χ0) is 18.6. The second-order valence-corrected chi connectivity index (χ2v) is 7.73. The van der Waals surface area contributed by atoms with Crippen LogP contribution in [0, 0.1) is 0 Å². The summed E-state index contributed by atoms with van der Waals surface area (Å²) in [5.74, 6) is 1.41. The van der Waals surface area contributed by atoms with Crippen LogP contribution in [-0.4, -0.2) is 46.2 Å². The fourth-order valence-corrected chi connectivity index (χ4v) is 4.22. The number of carbonyl (C=O) groups excluding carboxylic acids is 1. The van der Waals surface area contributed by atoms with E-state index in [0.29, 0.717) is 12.3 Å².